The maximum atomic E-state index is 13.5. The highest BCUT2D eigenvalue weighted by atomic mass is 16.8. The Morgan fingerprint density at radius 1 is 0.333 bits per heavy atom. The van der Waals surface area contributed by atoms with E-state index in [4.69, 9.17) is 28.4 Å². The summed E-state index contributed by atoms with van der Waals surface area (Å²) in [5, 5.41) is 121. The first-order valence-electron chi connectivity index (χ1n) is 44.2. The van der Waals surface area contributed by atoms with Crippen LogP contribution in [0.15, 0.2) is 72.9 Å². The lowest BCUT2D eigenvalue weighted by molar-refractivity contribution is -0.379. The molecule has 0 saturated carbocycles. The maximum absolute atomic E-state index is 13.5. The van der Waals surface area contributed by atoms with Gasteiger partial charge in [-0.2, -0.15) is 0 Å². The zero-order valence-corrected chi connectivity index (χ0v) is 67.8. The number of unbranched alkanes of at least 4 members (excludes halogenated alkanes) is 45. The van der Waals surface area contributed by atoms with E-state index in [1.807, 2.05) is 6.08 Å². The number of aliphatic hydroxyl groups is 11. The van der Waals surface area contributed by atoms with Crippen molar-refractivity contribution in [1.29, 1.82) is 0 Å². The minimum absolute atomic E-state index is 0.232. The Bertz CT molecular complexity index is 2230. The van der Waals surface area contributed by atoms with E-state index in [2.05, 4.69) is 79.9 Å². The standard InChI is InChI=1S/C89H161NO18/c1-3-5-7-9-11-13-15-17-19-21-23-25-27-29-31-33-35-36-37-39-41-43-45-47-49-51-53-55-57-59-61-63-65-67-77(95)90-72(73(94)66-64-62-60-58-56-54-52-50-48-46-44-42-40-38-34-32-30-28-26-24-22-20-18-16-14-12-10-8-6-4-2)71-103-87-83(101)80(98)85(75(69-92)105-87)108-89-84(102)81(99)86(76(70-93)106-89)107-88-82(100)79(97)78(96)74(68-91)104-88/h15,17,21,23,27,29,48,50,56,58,64,66,72-76,78-89,91-94,96-102H,3-14,16,18-20,22,24-26,28,30-47,49,51-55,57,59-63,65,67-71H2,1-2H3,(H,90,95)/b17-15-,23-21-,29-27-,50-48+,58-56+,66-64+. The molecule has 12 N–H and O–H groups in total. The van der Waals surface area contributed by atoms with Gasteiger partial charge in [0.2, 0.25) is 5.91 Å². The van der Waals surface area contributed by atoms with Gasteiger partial charge in [-0.25, -0.2) is 0 Å². The third-order valence-corrected chi connectivity index (χ3v) is 21.7. The first-order valence-corrected chi connectivity index (χ1v) is 44.2. The van der Waals surface area contributed by atoms with Gasteiger partial charge in [0, 0.05) is 6.42 Å². The summed E-state index contributed by atoms with van der Waals surface area (Å²) in [5.74, 6) is -0.286. The predicted molar refractivity (Wildman–Crippen MR) is 434 cm³/mol. The smallest absolute Gasteiger partial charge is 0.220 e. The van der Waals surface area contributed by atoms with Crippen LogP contribution in [0, 0.1) is 0 Å². The summed E-state index contributed by atoms with van der Waals surface area (Å²) in [4.78, 5) is 13.5. The summed E-state index contributed by atoms with van der Waals surface area (Å²) < 4.78 is 34.5. The molecule has 630 valence electrons. The van der Waals surface area contributed by atoms with Gasteiger partial charge < -0.3 is 89.9 Å². The van der Waals surface area contributed by atoms with Crippen LogP contribution in [0.2, 0.25) is 0 Å². The average molecular weight is 1530 g/mol. The van der Waals surface area contributed by atoms with Crippen LogP contribution >= 0.6 is 0 Å². The van der Waals surface area contributed by atoms with Gasteiger partial charge in [0.15, 0.2) is 18.9 Å². The van der Waals surface area contributed by atoms with E-state index in [9.17, 15) is 61.0 Å². The SMILES string of the molecule is CCCCCCC/C=C\C/C=C\C/C=C\CCCCCCCCCCCCCCCCCCCCC(=O)NC(COC1OC(CO)C(OC2OC(CO)C(OC3OC(CO)C(O)C(O)C3O)C(O)C2O)C(O)C1O)C(O)/C=C/CC/C=C/CC/C=C/CCCCCCCCCCCCCCCCCCCCCC. The molecule has 3 saturated heterocycles. The van der Waals surface area contributed by atoms with E-state index in [0.717, 1.165) is 57.8 Å². The molecule has 1 amide bonds. The van der Waals surface area contributed by atoms with Crippen molar-refractivity contribution in [3.05, 3.63) is 72.9 Å². The second-order valence-electron chi connectivity index (χ2n) is 31.3. The highest BCUT2D eigenvalue weighted by Gasteiger charge is 2.54. The van der Waals surface area contributed by atoms with Crippen molar-refractivity contribution in [1.82, 2.24) is 5.32 Å². The number of ether oxygens (including phenoxy) is 6. The third kappa shape index (κ3) is 47.2. The number of hydrogen-bond donors (Lipinski definition) is 12. The van der Waals surface area contributed by atoms with Gasteiger partial charge in [-0.1, -0.05) is 337 Å². The minimum Gasteiger partial charge on any atom is -0.394 e. The number of nitrogens with one attached hydrogen (secondary N) is 1. The number of amides is 1. The third-order valence-electron chi connectivity index (χ3n) is 21.7. The van der Waals surface area contributed by atoms with E-state index in [-0.39, 0.29) is 18.9 Å². The van der Waals surface area contributed by atoms with Gasteiger partial charge in [0.05, 0.1) is 38.6 Å². The van der Waals surface area contributed by atoms with Gasteiger partial charge in [0.25, 0.3) is 0 Å². The minimum atomic E-state index is -1.99. The van der Waals surface area contributed by atoms with Crippen LogP contribution in [-0.2, 0) is 33.2 Å². The van der Waals surface area contributed by atoms with E-state index >= 15 is 0 Å². The Kier molecular flexibility index (Phi) is 63.2. The fourth-order valence-corrected chi connectivity index (χ4v) is 14.6. The summed E-state index contributed by atoms with van der Waals surface area (Å²) in [5.41, 5.74) is 0. The largest absolute Gasteiger partial charge is 0.394 e. The van der Waals surface area contributed by atoms with E-state index < -0.39 is 124 Å². The molecule has 3 heterocycles. The van der Waals surface area contributed by atoms with Crippen LogP contribution in [0.3, 0.4) is 0 Å². The lowest BCUT2D eigenvalue weighted by Gasteiger charge is -2.48. The Balaban J connectivity index is 1.35. The molecular weight excluding hydrogens is 1370 g/mol. The van der Waals surface area contributed by atoms with Crippen molar-refractivity contribution in [2.24, 2.45) is 0 Å². The number of carbonyl (C=O) groups is 1. The molecule has 3 aliphatic heterocycles. The average Bonchev–Trinajstić information content (AvgIpc) is 0.779. The van der Waals surface area contributed by atoms with E-state index in [1.54, 1.807) is 6.08 Å². The maximum Gasteiger partial charge on any atom is 0.220 e. The number of hydrogen-bond acceptors (Lipinski definition) is 18. The van der Waals surface area contributed by atoms with Crippen molar-refractivity contribution >= 4 is 5.91 Å². The Morgan fingerprint density at radius 3 is 0.991 bits per heavy atom. The van der Waals surface area contributed by atoms with Crippen LogP contribution in [0.25, 0.3) is 0 Å². The molecule has 0 spiro atoms. The second-order valence-corrected chi connectivity index (χ2v) is 31.3. The summed E-state index contributed by atoms with van der Waals surface area (Å²) >= 11 is 0. The molecule has 0 aromatic carbocycles. The number of rotatable bonds is 71. The van der Waals surface area contributed by atoms with Gasteiger partial charge in [0.1, 0.15) is 73.2 Å². The fourth-order valence-electron chi connectivity index (χ4n) is 14.6. The Labute approximate surface area is 655 Å². The highest BCUT2D eigenvalue weighted by molar-refractivity contribution is 5.76. The normalized spacial score (nSPS) is 25.7. The van der Waals surface area contributed by atoms with Crippen LogP contribution in [0.4, 0.5) is 0 Å². The number of carbonyl (C=O) groups excluding carboxylic acids is 1. The Hall–Kier alpha value is -2.77. The molecule has 0 bridgehead atoms. The Morgan fingerprint density at radius 2 is 0.620 bits per heavy atom. The van der Waals surface area contributed by atoms with Gasteiger partial charge in [-0.3, -0.25) is 4.79 Å². The van der Waals surface area contributed by atoms with Crippen molar-refractivity contribution in [2.75, 3.05) is 26.4 Å². The molecule has 0 aromatic rings. The zero-order valence-electron chi connectivity index (χ0n) is 67.8. The van der Waals surface area contributed by atoms with Crippen molar-refractivity contribution in [2.45, 2.75) is 458 Å². The monoisotopic (exact) mass is 1530 g/mol. The second kappa shape index (κ2) is 68.6. The summed E-state index contributed by atoms with van der Waals surface area (Å²) in [6.07, 6.45) is 64.8. The van der Waals surface area contributed by atoms with Crippen molar-refractivity contribution in [3.8, 4) is 0 Å². The molecule has 19 heteroatoms. The number of aliphatic hydroxyl groups excluding tert-OH is 11. The summed E-state index contributed by atoms with van der Waals surface area (Å²) in [7, 11) is 0. The molecule has 19 nitrogen and oxygen atoms in total. The molecule has 3 aliphatic rings. The first kappa shape index (κ1) is 99.4. The molecule has 0 aliphatic carbocycles. The van der Waals surface area contributed by atoms with Gasteiger partial charge >= 0.3 is 0 Å². The summed E-state index contributed by atoms with van der Waals surface area (Å²) in [6.45, 7) is 1.75. The molecule has 108 heavy (non-hydrogen) atoms. The molecule has 3 fully saturated rings. The lowest BCUT2D eigenvalue weighted by atomic mass is 9.96. The first-order chi connectivity index (χ1) is 52.8. The van der Waals surface area contributed by atoms with Gasteiger partial charge in [-0.05, 0) is 83.5 Å². The molecule has 17 unspecified atom stereocenters. The molecular formula is C89H161NO18. The van der Waals surface area contributed by atoms with Crippen LogP contribution in [0.1, 0.15) is 354 Å². The molecule has 0 radical (unpaired) electrons. The van der Waals surface area contributed by atoms with E-state index in [0.29, 0.717) is 12.8 Å². The predicted octanol–water partition coefficient (Wildman–Crippen LogP) is 16.3. The lowest BCUT2D eigenvalue weighted by Crippen LogP contribution is -2.66. The zero-order chi connectivity index (χ0) is 78.1. The van der Waals surface area contributed by atoms with E-state index in [1.165, 1.54) is 263 Å². The van der Waals surface area contributed by atoms with Crippen LogP contribution < -0.4 is 5.32 Å². The molecule has 0 aromatic heterocycles. The topological polar surface area (TPSA) is 307 Å². The molecule has 17 atom stereocenters. The fraction of sp³-hybridized carbons (Fsp3) is 0.854. The van der Waals surface area contributed by atoms with Crippen molar-refractivity contribution < 1.29 is 89.4 Å². The quantitative estimate of drug-likeness (QED) is 0.0199. The van der Waals surface area contributed by atoms with Crippen LogP contribution in [-0.4, -0.2) is 193 Å². The summed E-state index contributed by atoms with van der Waals surface area (Å²) in [6, 6.07) is -1.00. The van der Waals surface area contributed by atoms with Crippen LogP contribution in [0.5, 0.6) is 0 Å². The molecule has 3 rings (SSSR count). The van der Waals surface area contributed by atoms with Gasteiger partial charge in [-0.15, -0.1) is 0 Å². The highest BCUT2D eigenvalue weighted by Crippen LogP contribution is 2.33. The van der Waals surface area contributed by atoms with Crippen molar-refractivity contribution in [3.63, 3.8) is 0 Å². The number of allylic oxidation sites excluding steroid dienone is 11.